The zero-order chi connectivity index (χ0) is 25.7. The van der Waals surface area contributed by atoms with Gasteiger partial charge in [0.25, 0.3) is 5.91 Å². The van der Waals surface area contributed by atoms with Gasteiger partial charge in [-0.15, -0.1) is 0 Å². The van der Waals surface area contributed by atoms with Crippen molar-refractivity contribution in [1.82, 2.24) is 9.99 Å². The molecule has 9 heteroatoms. The summed E-state index contributed by atoms with van der Waals surface area (Å²) < 4.78 is 7.36. The van der Waals surface area contributed by atoms with Gasteiger partial charge in [-0.05, 0) is 61.9 Å². The Morgan fingerprint density at radius 2 is 1.83 bits per heavy atom. The Kier molecular flexibility index (Phi) is 7.10. The van der Waals surface area contributed by atoms with Crippen LogP contribution in [0, 0.1) is 17.0 Å². The molecule has 0 bridgehead atoms. The Bertz CT molecular complexity index is 1430. The van der Waals surface area contributed by atoms with Gasteiger partial charge in [0.05, 0.1) is 23.4 Å². The maximum atomic E-state index is 12.6. The van der Waals surface area contributed by atoms with Crippen LogP contribution in [0.4, 0.5) is 5.69 Å². The van der Waals surface area contributed by atoms with E-state index >= 15 is 0 Å². The maximum Gasteiger partial charge on any atom is 0.315 e. The van der Waals surface area contributed by atoms with Crippen LogP contribution in [0.5, 0.6) is 11.5 Å². The second-order valence-corrected chi connectivity index (χ2v) is 7.88. The zero-order valence-corrected chi connectivity index (χ0v) is 19.7. The molecule has 182 valence electrons. The number of aryl methyl sites for hydroxylation is 1. The summed E-state index contributed by atoms with van der Waals surface area (Å²) in [6, 6.07) is 23.8. The van der Waals surface area contributed by atoms with E-state index in [9.17, 15) is 20.0 Å². The molecule has 0 radical (unpaired) electrons. The molecular weight excluding hydrogens is 460 g/mol. The smallest absolute Gasteiger partial charge is 0.315 e. The van der Waals surface area contributed by atoms with Crippen LogP contribution in [0.1, 0.15) is 28.5 Å². The first-order valence-corrected chi connectivity index (χ1v) is 11.2. The Morgan fingerprint density at radius 3 is 2.50 bits per heavy atom. The van der Waals surface area contributed by atoms with E-state index in [2.05, 4.69) is 21.2 Å². The topological polar surface area (TPSA) is 119 Å². The average molecular weight is 485 g/mol. The van der Waals surface area contributed by atoms with E-state index in [1.807, 2.05) is 55.5 Å². The molecule has 4 aromatic rings. The van der Waals surface area contributed by atoms with Crippen molar-refractivity contribution < 1.29 is 19.6 Å². The average Bonchev–Trinajstić information content (AvgIpc) is 3.27. The number of hydrogen-bond acceptors (Lipinski definition) is 6. The number of amides is 1. The lowest BCUT2D eigenvalue weighted by molar-refractivity contribution is -0.386. The number of carbonyl (C=O) groups excluding carboxylic acids is 1. The molecule has 0 spiro atoms. The highest BCUT2D eigenvalue weighted by Gasteiger charge is 2.19. The minimum Gasteiger partial charge on any atom is -0.500 e. The molecule has 36 heavy (non-hydrogen) atoms. The Labute approximate surface area is 207 Å². The van der Waals surface area contributed by atoms with Gasteiger partial charge in [0, 0.05) is 28.6 Å². The van der Waals surface area contributed by atoms with Crippen LogP contribution < -0.4 is 10.2 Å². The number of nitro groups is 1. The number of phenols is 1. The van der Waals surface area contributed by atoms with Crippen molar-refractivity contribution in [3.63, 3.8) is 0 Å². The molecule has 3 aromatic carbocycles. The number of carbonyl (C=O) groups is 1. The molecule has 0 aliphatic carbocycles. The summed E-state index contributed by atoms with van der Waals surface area (Å²) in [7, 11) is 0. The SMILES string of the molecule is CCOc1cc(/C=N/NC(=O)c2ccc(-n3c(C)ccc3-c3ccccc3)cc2)cc([N+](=O)[O-])c1O. The van der Waals surface area contributed by atoms with Crippen LogP contribution >= 0.6 is 0 Å². The van der Waals surface area contributed by atoms with Gasteiger partial charge < -0.3 is 14.4 Å². The van der Waals surface area contributed by atoms with E-state index in [0.29, 0.717) is 5.56 Å². The van der Waals surface area contributed by atoms with Gasteiger partial charge in [-0.1, -0.05) is 30.3 Å². The third-order valence-electron chi connectivity index (χ3n) is 5.49. The third-order valence-corrected chi connectivity index (χ3v) is 5.49. The molecule has 4 rings (SSSR count). The van der Waals surface area contributed by atoms with E-state index < -0.39 is 22.3 Å². The van der Waals surface area contributed by atoms with Gasteiger partial charge in [0.15, 0.2) is 5.75 Å². The Balaban J connectivity index is 1.50. The minimum absolute atomic E-state index is 0.0368. The quantitative estimate of drug-likeness (QED) is 0.202. The monoisotopic (exact) mass is 484 g/mol. The van der Waals surface area contributed by atoms with Crippen molar-refractivity contribution in [2.75, 3.05) is 6.61 Å². The highest BCUT2D eigenvalue weighted by atomic mass is 16.6. The molecule has 1 heterocycles. The van der Waals surface area contributed by atoms with E-state index in [1.54, 1.807) is 19.1 Å². The van der Waals surface area contributed by atoms with Crippen molar-refractivity contribution in [1.29, 1.82) is 0 Å². The molecule has 0 fully saturated rings. The van der Waals surface area contributed by atoms with E-state index in [4.69, 9.17) is 4.74 Å². The number of benzene rings is 3. The number of aromatic nitrogens is 1. The zero-order valence-electron chi connectivity index (χ0n) is 19.7. The van der Waals surface area contributed by atoms with Crippen molar-refractivity contribution in [3.8, 4) is 28.4 Å². The number of ether oxygens (including phenoxy) is 1. The molecule has 1 aromatic heterocycles. The van der Waals surface area contributed by atoms with Crippen molar-refractivity contribution in [2.24, 2.45) is 5.10 Å². The summed E-state index contributed by atoms with van der Waals surface area (Å²) in [5, 5.41) is 25.1. The third kappa shape index (κ3) is 5.10. The molecule has 0 aliphatic rings. The van der Waals surface area contributed by atoms with Crippen LogP contribution in [0.3, 0.4) is 0 Å². The van der Waals surface area contributed by atoms with E-state index in [1.165, 1.54) is 12.3 Å². The number of nitrogens with zero attached hydrogens (tertiary/aromatic N) is 3. The van der Waals surface area contributed by atoms with E-state index in [-0.39, 0.29) is 17.9 Å². The summed E-state index contributed by atoms with van der Waals surface area (Å²) in [4.78, 5) is 23.1. The summed E-state index contributed by atoms with van der Waals surface area (Å²) in [6.07, 6.45) is 1.25. The highest BCUT2D eigenvalue weighted by molar-refractivity contribution is 5.95. The maximum absolute atomic E-state index is 12.6. The number of nitro benzene ring substituents is 1. The lowest BCUT2D eigenvalue weighted by atomic mass is 10.1. The summed E-state index contributed by atoms with van der Waals surface area (Å²) in [5.41, 5.74) is 6.69. The summed E-state index contributed by atoms with van der Waals surface area (Å²) >= 11 is 0. The first-order chi connectivity index (χ1) is 17.4. The van der Waals surface area contributed by atoms with Gasteiger partial charge in [-0.2, -0.15) is 5.10 Å². The normalized spacial score (nSPS) is 10.9. The molecular formula is C27H24N4O5. The predicted octanol–water partition coefficient (Wildman–Crippen LogP) is 5.23. The number of hydrazone groups is 1. The molecule has 0 aliphatic heterocycles. The molecule has 1 amide bonds. The minimum atomic E-state index is -0.717. The molecule has 0 saturated carbocycles. The predicted molar refractivity (Wildman–Crippen MR) is 137 cm³/mol. The van der Waals surface area contributed by atoms with Crippen molar-refractivity contribution in [2.45, 2.75) is 13.8 Å². The van der Waals surface area contributed by atoms with Gasteiger partial charge in [0.1, 0.15) is 0 Å². The first kappa shape index (κ1) is 24.2. The molecule has 0 unspecified atom stereocenters. The standard InChI is InChI=1S/C27H24N4O5/c1-3-36-25-16-19(15-24(26(25)32)31(34)35)17-28-29-27(33)21-10-12-22(13-11-21)30-18(2)9-14-23(30)20-7-5-4-6-8-20/h4-17,32H,3H2,1-2H3,(H,29,33)/b28-17+. The molecule has 2 N–H and O–H groups in total. The fraction of sp³-hybridized carbons (Fsp3) is 0.111. The number of rotatable bonds is 8. The lowest BCUT2D eigenvalue weighted by Crippen LogP contribution is -2.17. The second-order valence-electron chi connectivity index (χ2n) is 7.88. The van der Waals surface area contributed by atoms with Gasteiger partial charge in [0.2, 0.25) is 5.75 Å². The van der Waals surface area contributed by atoms with E-state index in [0.717, 1.165) is 28.7 Å². The lowest BCUT2D eigenvalue weighted by Gasteiger charge is -2.12. The number of hydrogen-bond donors (Lipinski definition) is 2. The molecule has 0 atom stereocenters. The number of aromatic hydroxyl groups is 1. The summed E-state index contributed by atoms with van der Waals surface area (Å²) in [5.74, 6) is -1.04. The van der Waals surface area contributed by atoms with Crippen LogP contribution in [-0.2, 0) is 0 Å². The van der Waals surface area contributed by atoms with Crippen LogP contribution in [0.25, 0.3) is 16.9 Å². The molecule has 0 saturated heterocycles. The van der Waals surface area contributed by atoms with Crippen LogP contribution in [-0.4, -0.2) is 33.3 Å². The number of nitrogens with one attached hydrogen (secondary N) is 1. The van der Waals surface area contributed by atoms with Gasteiger partial charge >= 0.3 is 5.69 Å². The van der Waals surface area contributed by atoms with Crippen molar-refractivity contribution >= 4 is 17.8 Å². The van der Waals surface area contributed by atoms with Gasteiger partial charge in [-0.25, -0.2) is 5.43 Å². The Morgan fingerprint density at radius 1 is 1.11 bits per heavy atom. The highest BCUT2D eigenvalue weighted by Crippen LogP contribution is 2.36. The summed E-state index contributed by atoms with van der Waals surface area (Å²) in [6.45, 7) is 3.93. The largest absolute Gasteiger partial charge is 0.500 e. The van der Waals surface area contributed by atoms with Crippen LogP contribution in [0.2, 0.25) is 0 Å². The molecule has 9 nitrogen and oxygen atoms in total. The fourth-order valence-corrected chi connectivity index (χ4v) is 3.80. The fourth-order valence-electron chi connectivity index (χ4n) is 3.80. The van der Waals surface area contributed by atoms with Crippen molar-refractivity contribution in [3.05, 3.63) is 106 Å². The Hall–Kier alpha value is -4.92. The first-order valence-electron chi connectivity index (χ1n) is 11.2. The number of phenolic OH excluding ortho intramolecular Hbond substituents is 1. The van der Waals surface area contributed by atoms with Gasteiger partial charge in [-0.3, -0.25) is 14.9 Å². The van der Waals surface area contributed by atoms with Crippen LogP contribution in [0.15, 0.2) is 84.0 Å². The second kappa shape index (κ2) is 10.6.